The molecule has 27 valence electrons. The SMILES string of the molecule is [La].[PbH2].[SnH2].[SrH2].[Ti].[Zr]. The van der Waals surface area contributed by atoms with Crippen molar-refractivity contribution >= 4 is 96.7 Å². The molecule has 0 saturated carbocycles. The van der Waals surface area contributed by atoms with Crippen molar-refractivity contribution in [1.29, 1.82) is 0 Å². The summed E-state index contributed by atoms with van der Waals surface area (Å²) in [6, 6.07) is 0. The number of rotatable bonds is 0. The van der Waals surface area contributed by atoms with E-state index in [1.807, 2.05) is 0 Å². The Morgan fingerprint density at radius 1 is 1.00 bits per heavy atom. The molecule has 0 aromatic carbocycles. The fourth-order valence-corrected chi connectivity index (χ4v) is 0. The molecule has 0 heterocycles. The van der Waals surface area contributed by atoms with Gasteiger partial charge in [0.2, 0.25) is 0 Å². The van der Waals surface area contributed by atoms with Gasteiger partial charge >= 0.3 is 96.7 Å². The monoisotopic (exact) mass is 699 g/mol. The van der Waals surface area contributed by atoms with Crippen molar-refractivity contribution in [2.45, 2.75) is 0 Å². The third-order valence-electron chi connectivity index (χ3n) is 0. The van der Waals surface area contributed by atoms with Crippen LogP contribution < -0.4 is 0 Å². The number of hydrogen-bond acceptors (Lipinski definition) is 0. The molecule has 0 amide bonds. The minimum Gasteiger partial charge on any atom is 0 e. The Morgan fingerprint density at radius 3 is 1.00 bits per heavy atom. The number of hydrogen-bond donors (Lipinski definition) is 0. The zero-order chi connectivity index (χ0) is 0. The molecule has 0 aromatic rings. The standard InChI is InChI=1S/La.Pb.Sn.Sr.Ti.Zr.6H. The van der Waals surface area contributed by atoms with E-state index in [-0.39, 0.29) is 180 Å². The molecular weight excluding hydrogens is 692 g/mol. The first-order valence-corrected chi connectivity index (χ1v) is 0. The maximum absolute atomic E-state index is 0. The molecule has 0 bridgehead atoms. The maximum atomic E-state index is 0. The first-order valence-electron chi connectivity index (χ1n) is 0. The summed E-state index contributed by atoms with van der Waals surface area (Å²) in [5, 5.41) is 0. The van der Waals surface area contributed by atoms with Crippen molar-refractivity contribution in [1.82, 2.24) is 0 Å². The molecule has 0 atom stereocenters. The predicted octanol–water partition coefficient (Wildman–Crippen LogP) is -2.75. The van der Waals surface area contributed by atoms with E-state index >= 15 is 0 Å². The minimum atomic E-state index is 0. The second-order valence-corrected chi connectivity index (χ2v) is 0. The van der Waals surface area contributed by atoms with E-state index in [1.54, 1.807) is 0 Å². The molecular formula is H6LaPbSnSrTiZr. The van der Waals surface area contributed by atoms with E-state index in [0.717, 1.165) is 0 Å². The van der Waals surface area contributed by atoms with Crippen molar-refractivity contribution in [3.63, 3.8) is 0 Å². The van der Waals surface area contributed by atoms with E-state index in [0.29, 0.717) is 0 Å². The van der Waals surface area contributed by atoms with Crippen LogP contribution in [0.5, 0.6) is 0 Å². The van der Waals surface area contributed by atoms with Crippen LogP contribution in [0.2, 0.25) is 0 Å². The van der Waals surface area contributed by atoms with Gasteiger partial charge in [0.15, 0.2) is 0 Å². The van der Waals surface area contributed by atoms with Crippen molar-refractivity contribution in [3.8, 4) is 0 Å². The summed E-state index contributed by atoms with van der Waals surface area (Å²) in [5.41, 5.74) is 0. The fourth-order valence-electron chi connectivity index (χ4n) is 0. The van der Waals surface area contributed by atoms with Crippen molar-refractivity contribution in [3.05, 3.63) is 0 Å². The van der Waals surface area contributed by atoms with Crippen LogP contribution in [0, 0.1) is 35.6 Å². The zero-order valence-corrected chi connectivity index (χ0v) is 20.2. The summed E-state index contributed by atoms with van der Waals surface area (Å²) in [5.74, 6) is 0. The van der Waals surface area contributed by atoms with Gasteiger partial charge in [-0.05, 0) is 0 Å². The molecule has 0 unspecified atom stereocenters. The molecule has 0 spiro atoms. The first kappa shape index (κ1) is 40.4. The second-order valence-electron chi connectivity index (χ2n) is 0. The Bertz CT molecular complexity index is 15.5. The summed E-state index contributed by atoms with van der Waals surface area (Å²) < 4.78 is 0. The van der Waals surface area contributed by atoms with Gasteiger partial charge < -0.3 is 0 Å². The van der Waals surface area contributed by atoms with Gasteiger partial charge in [-0.15, -0.1) is 0 Å². The smallest absolute Gasteiger partial charge is 0 e. The average molecular weight is 698 g/mol. The summed E-state index contributed by atoms with van der Waals surface area (Å²) in [6.07, 6.45) is 0. The Labute approximate surface area is 174 Å². The van der Waals surface area contributed by atoms with Crippen LogP contribution in [0.1, 0.15) is 0 Å². The predicted molar refractivity (Wildman–Crippen MR) is 25.6 cm³/mol. The first-order chi connectivity index (χ1) is 0. The molecule has 0 saturated heterocycles. The van der Waals surface area contributed by atoms with Crippen LogP contribution >= 0.6 is 0 Å². The molecule has 0 aliphatic rings. The van der Waals surface area contributed by atoms with Crippen molar-refractivity contribution in [2.24, 2.45) is 0 Å². The van der Waals surface area contributed by atoms with E-state index < -0.39 is 0 Å². The van der Waals surface area contributed by atoms with Gasteiger partial charge in [0.05, 0.1) is 0 Å². The van der Waals surface area contributed by atoms with E-state index in [1.165, 1.54) is 0 Å². The molecule has 6 heavy (non-hydrogen) atoms. The van der Waals surface area contributed by atoms with Crippen molar-refractivity contribution in [2.75, 3.05) is 0 Å². The Morgan fingerprint density at radius 2 is 1.00 bits per heavy atom. The second kappa shape index (κ2) is 30.6. The molecule has 0 aliphatic heterocycles. The Balaban J connectivity index is 0. The van der Waals surface area contributed by atoms with E-state index in [4.69, 9.17) is 0 Å². The van der Waals surface area contributed by atoms with Crippen molar-refractivity contribution < 1.29 is 83.5 Å². The molecule has 0 aliphatic carbocycles. The van der Waals surface area contributed by atoms with Crippen LogP contribution in [0.4, 0.5) is 0 Å². The topological polar surface area (TPSA) is 0 Å². The van der Waals surface area contributed by atoms with Crippen LogP contribution in [-0.2, 0) is 47.9 Å². The summed E-state index contributed by atoms with van der Waals surface area (Å²) in [4.78, 5) is 0. The van der Waals surface area contributed by atoms with Gasteiger partial charge in [0, 0.05) is 83.5 Å². The molecule has 0 fully saturated rings. The van der Waals surface area contributed by atoms with Gasteiger partial charge in [-0.25, -0.2) is 0 Å². The summed E-state index contributed by atoms with van der Waals surface area (Å²) in [6.45, 7) is 0. The van der Waals surface area contributed by atoms with Gasteiger partial charge in [-0.1, -0.05) is 0 Å². The molecule has 0 aromatic heterocycles. The van der Waals surface area contributed by atoms with Crippen LogP contribution in [-0.4, -0.2) is 96.7 Å². The van der Waals surface area contributed by atoms with Crippen LogP contribution in [0.15, 0.2) is 0 Å². The largest absolute Gasteiger partial charge is 0 e. The van der Waals surface area contributed by atoms with Gasteiger partial charge in [-0.2, -0.15) is 0 Å². The van der Waals surface area contributed by atoms with Gasteiger partial charge in [0.1, 0.15) is 0 Å². The molecule has 5 radical (unpaired) electrons. The minimum absolute atomic E-state index is 0. The summed E-state index contributed by atoms with van der Waals surface area (Å²) >= 11 is 0. The maximum Gasteiger partial charge on any atom is 0 e. The summed E-state index contributed by atoms with van der Waals surface area (Å²) in [7, 11) is 0. The third kappa shape index (κ3) is 22.5. The molecule has 0 nitrogen and oxygen atoms in total. The fraction of sp³-hybridized carbons (Fsp3) is 0. The molecule has 0 N–H and O–H groups in total. The van der Waals surface area contributed by atoms with E-state index in [2.05, 4.69) is 0 Å². The normalized spacial score (nSPS) is 0. The molecule has 6 heteroatoms. The van der Waals surface area contributed by atoms with Gasteiger partial charge in [-0.3, -0.25) is 0 Å². The van der Waals surface area contributed by atoms with Gasteiger partial charge in [0.25, 0.3) is 0 Å². The Kier molecular flexibility index (Phi) is 206. The zero-order valence-electron chi connectivity index (χ0n) is 2.99. The third-order valence-corrected chi connectivity index (χ3v) is 0. The van der Waals surface area contributed by atoms with E-state index in [9.17, 15) is 0 Å². The molecule has 0 rings (SSSR count). The Hall–Kier alpha value is 5.99. The quantitative estimate of drug-likeness (QED) is 0.241. The van der Waals surface area contributed by atoms with Crippen LogP contribution in [0.25, 0.3) is 0 Å². The average Bonchev–Trinajstić information content (AvgIpc) is 0. The van der Waals surface area contributed by atoms with Crippen LogP contribution in [0.3, 0.4) is 0 Å².